The molecule has 0 amide bonds. The predicted octanol–water partition coefficient (Wildman–Crippen LogP) is 4.17. The average Bonchev–Trinajstić information content (AvgIpc) is 2.29. The van der Waals surface area contributed by atoms with Gasteiger partial charge < -0.3 is 0 Å². The number of nitrogens with zero attached hydrogens (tertiary/aromatic N) is 1. The maximum Gasteiger partial charge on any atom is 0.382 e. The summed E-state index contributed by atoms with van der Waals surface area (Å²) in [5, 5.41) is -0.822. The van der Waals surface area contributed by atoms with Crippen LogP contribution >= 0.6 is 34.2 Å². The highest BCUT2D eigenvalue weighted by atomic mass is 127. The summed E-state index contributed by atoms with van der Waals surface area (Å²) in [6.45, 7) is 0. The molecule has 1 aromatic rings. The molecule has 0 radical (unpaired) electrons. The third kappa shape index (κ3) is 1.36. The third-order valence-electron chi connectivity index (χ3n) is 2.37. The molecule has 0 saturated carbocycles. The lowest BCUT2D eigenvalue weighted by Crippen LogP contribution is -2.43. The third-order valence-corrected chi connectivity index (χ3v) is 3.90. The molecule has 0 aliphatic heterocycles. The minimum Gasteiger partial charge on any atom is -0.253 e. The van der Waals surface area contributed by atoms with Crippen LogP contribution in [0.25, 0.3) is 0 Å². The molecule has 1 aliphatic carbocycles. The molecule has 0 fully saturated rings. The largest absolute Gasteiger partial charge is 0.382 e. The Hall–Kier alpha value is -0.250. The van der Waals surface area contributed by atoms with Crippen LogP contribution in [0.5, 0.6) is 0 Å². The molecular formula is C8HClF6IN. The number of hydrogen-bond donors (Lipinski definition) is 0. The van der Waals surface area contributed by atoms with Crippen LogP contribution in [0.2, 0.25) is 5.02 Å². The van der Waals surface area contributed by atoms with Crippen LogP contribution in [0.4, 0.5) is 26.3 Å². The first-order chi connectivity index (χ1) is 7.55. The van der Waals surface area contributed by atoms with Crippen LogP contribution in [0.1, 0.15) is 11.3 Å². The van der Waals surface area contributed by atoms with E-state index in [2.05, 4.69) is 4.98 Å². The van der Waals surface area contributed by atoms with Crippen LogP contribution < -0.4 is 0 Å². The Balaban J connectivity index is 2.88. The van der Waals surface area contributed by atoms with Gasteiger partial charge in [0.1, 0.15) is 5.69 Å². The number of fused-ring (bicyclic) bond motifs is 1. The molecular weight excluding hydrogens is 386 g/mol. The van der Waals surface area contributed by atoms with Crippen molar-refractivity contribution >= 4 is 34.2 Å². The standard InChI is InChI=1S/C8HClF6IN/c9-4-2(16)1-17-5-3(4)6(10,11)8(14,15)7(5,12)13/h1H. The zero-order valence-electron chi connectivity index (χ0n) is 7.55. The van der Waals surface area contributed by atoms with Gasteiger partial charge in [-0.3, -0.25) is 4.98 Å². The van der Waals surface area contributed by atoms with Gasteiger partial charge in [0.15, 0.2) is 0 Å². The summed E-state index contributed by atoms with van der Waals surface area (Å²) in [6.07, 6.45) is 0.743. The van der Waals surface area contributed by atoms with Gasteiger partial charge in [-0.15, -0.1) is 0 Å². The molecule has 0 N–H and O–H groups in total. The van der Waals surface area contributed by atoms with Crippen LogP contribution in [-0.4, -0.2) is 10.9 Å². The maximum atomic E-state index is 13.3. The van der Waals surface area contributed by atoms with E-state index >= 15 is 0 Å². The van der Waals surface area contributed by atoms with E-state index in [1.165, 1.54) is 22.6 Å². The van der Waals surface area contributed by atoms with Crippen molar-refractivity contribution in [2.24, 2.45) is 0 Å². The maximum absolute atomic E-state index is 13.3. The minimum absolute atomic E-state index is 0.101. The normalized spacial score (nSPS) is 23.5. The Labute approximate surface area is 109 Å². The molecule has 1 nitrogen and oxygen atoms in total. The van der Waals surface area contributed by atoms with Gasteiger partial charge in [0.25, 0.3) is 0 Å². The van der Waals surface area contributed by atoms with E-state index in [4.69, 9.17) is 11.6 Å². The van der Waals surface area contributed by atoms with Crippen LogP contribution in [0.15, 0.2) is 6.20 Å². The van der Waals surface area contributed by atoms with Gasteiger partial charge in [0.05, 0.1) is 14.2 Å². The monoisotopic (exact) mass is 387 g/mol. The van der Waals surface area contributed by atoms with Crippen molar-refractivity contribution < 1.29 is 26.3 Å². The summed E-state index contributed by atoms with van der Waals surface area (Å²) in [6, 6.07) is 0. The Bertz CT molecular complexity index is 503. The quantitative estimate of drug-likeness (QED) is 0.481. The SMILES string of the molecule is FC1(F)c2ncc(I)c(Cl)c2C(F)(F)C1(F)F. The van der Waals surface area contributed by atoms with Crippen molar-refractivity contribution in [1.82, 2.24) is 4.98 Å². The first-order valence-corrected chi connectivity index (χ1v) is 5.49. The Kier molecular flexibility index (Phi) is 2.64. The fourth-order valence-corrected chi connectivity index (χ4v) is 2.16. The second-order valence-corrected chi connectivity index (χ2v) is 4.91. The molecule has 2 rings (SSSR count). The van der Waals surface area contributed by atoms with Crippen molar-refractivity contribution in [1.29, 1.82) is 0 Å². The van der Waals surface area contributed by atoms with E-state index in [1.54, 1.807) is 0 Å². The fraction of sp³-hybridized carbons (Fsp3) is 0.375. The lowest BCUT2D eigenvalue weighted by Gasteiger charge is -2.23. The van der Waals surface area contributed by atoms with Gasteiger partial charge in [-0.2, -0.15) is 26.3 Å². The summed E-state index contributed by atoms with van der Waals surface area (Å²) < 4.78 is 78.8. The lowest BCUT2D eigenvalue weighted by molar-refractivity contribution is -0.303. The average molecular weight is 387 g/mol. The highest BCUT2D eigenvalue weighted by Gasteiger charge is 2.80. The molecule has 94 valence electrons. The van der Waals surface area contributed by atoms with Crippen molar-refractivity contribution in [2.75, 3.05) is 0 Å². The number of alkyl halides is 6. The van der Waals surface area contributed by atoms with E-state index in [1.807, 2.05) is 0 Å². The smallest absolute Gasteiger partial charge is 0.253 e. The molecule has 9 heteroatoms. The Morgan fingerprint density at radius 2 is 1.59 bits per heavy atom. The minimum atomic E-state index is -5.54. The summed E-state index contributed by atoms with van der Waals surface area (Å²) >= 11 is 6.82. The molecule has 0 spiro atoms. The van der Waals surface area contributed by atoms with Gasteiger partial charge in [0.2, 0.25) is 0 Å². The highest BCUT2D eigenvalue weighted by Crippen LogP contribution is 2.63. The van der Waals surface area contributed by atoms with Gasteiger partial charge in [0, 0.05) is 6.20 Å². The van der Waals surface area contributed by atoms with Crippen molar-refractivity contribution in [3.63, 3.8) is 0 Å². The number of rotatable bonds is 0. The van der Waals surface area contributed by atoms with Gasteiger partial charge >= 0.3 is 17.8 Å². The number of pyridine rings is 1. The van der Waals surface area contributed by atoms with Crippen LogP contribution in [-0.2, 0) is 11.8 Å². The van der Waals surface area contributed by atoms with E-state index in [0.717, 1.165) is 6.20 Å². The van der Waals surface area contributed by atoms with Crippen molar-refractivity contribution in [3.8, 4) is 0 Å². The first kappa shape index (κ1) is 13.2. The van der Waals surface area contributed by atoms with Crippen molar-refractivity contribution in [2.45, 2.75) is 17.8 Å². The molecule has 17 heavy (non-hydrogen) atoms. The number of hydrogen-bond acceptors (Lipinski definition) is 1. The summed E-state index contributed by atoms with van der Waals surface area (Å²) in [7, 11) is 0. The van der Waals surface area contributed by atoms with Gasteiger partial charge in [-0.05, 0) is 22.6 Å². The first-order valence-electron chi connectivity index (χ1n) is 4.03. The summed E-state index contributed by atoms with van der Waals surface area (Å²) in [5.74, 6) is -15.6. The molecule has 1 aliphatic rings. The second kappa shape index (κ2) is 3.40. The summed E-state index contributed by atoms with van der Waals surface area (Å²) in [4.78, 5) is 2.96. The van der Waals surface area contributed by atoms with E-state index in [-0.39, 0.29) is 3.57 Å². The predicted molar refractivity (Wildman–Crippen MR) is 54.7 cm³/mol. The Morgan fingerprint density at radius 3 is 2.12 bits per heavy atom. The van der Waals surface area contributed by atoms with E-state index < -0.39 is 34.0 Å². The number of halogens is 8. The number of aromatic nitrogens is 1. The van der Waals surface area contributed by atoms with Gasteiger partial charge in [-0.1, -0.05) is 11.6 Å². The summed E-state index contributed by atoms with van der Waals surface area (Å²) in [5.41, 5.74) is -3.26. The molecule has 0 unspecified atom stereocenters. The molecule has 0 atom stereocenters. The van der Waals surface area contributed by atoms with Crippen LogP contribution in [0, 0.1) is 3.57 Å². The molecule has 1 heterocycles. The van der Waals surface area contributed by atoms with E-state index in [9.17, 15) is 26.3 Å². The molecule has 0 bridgehead atoms. The van der Waals surface area contributed by atoms with Crippen LogP contribution in [0.3, 0.4) is 0 Å². The fourth-order valence-electron chi connectivity index (χ4n) is 1.49. The van der Waals surface area contributed by atoms with Crippen molar-refractivity contribution in [3.05, 3.63) is 26.0 Å². The zero-order valence-corrected chi connectivity index (χ0v) is 10.5. The highest BCUT2D eigenvalue weighted by molar-refractivity contribution is 14.1. The second-order valence-electron chi connectivity index (χ2n) is 3.37. The Morgan fingerprint density at radius 1 is 1.06 bits per heavy atom. The molecule has 1 aromatic heterocycles. The molecule has 0 aromatic carbocycles. The zero-order chi connectivity index (χ0) is 13.2. The topological polar surface area (TPSA) is 12.9 Å². The van der Waals surface area contributed by atoms with E-state index in [0.29, 0.717) is 0 Å². The van der Waals surface area contributed by atoms with Gasteiger partial charge in [-0.25, -0.2) is 0 Å². The molecule has 0 saturated heterocycles. The lowest BCUT2D eigenvalue weighted by atomic mass is 10.1.